The Morgan fingerprint density at radius 2 is 2.39 bits per heavy atom. The molecule has 0 bridgehead atoms. The van der Waals surface area contributed by atoms with Crippen molar-refractivity contribution >= 4 is 21.4 Å². The first-order valence-electron chi connectivity index (χ1n) is 5.80. The topological polar surface area (TPSA) is 66.8 Å². The molecule has 0 amide bonds. The van der Waals surface area contributed by atoms with Gasteiger partial charge in [-0.2, -0.15) is 4.31 Å². The zero-order chi connectivity index (χ0) is 13.2. The summed E-state index contributed by atoms with van der Waals surface area (Å²) in [5, 5.41) is 10.6. The van der Waals surface area contributed by atoms with Crippen LogP contribution < -0.4 is 0 Å². The molecule has 18 heavy (non-hydrogen) atoms. The zero-order valence-electron chi connectivity index (χ0n) is 10.2. The maximum Gasteiger partial charge on any atom is 0.252 e. The predicted octanol–water partition coefficient (Wildman–Crippen LogP) is 1.04. The summed E-state index contributed by atoms with van der Waals surface area (Å²) in [6, 6.07) is 1.52. The van der Waals surface area contributed by atoms with E-state index in [4.69, 9.17) is 9.84 Å². The Bertz CT molecular complexity index is 491. The molecule has 1 aromatic rings. The van der Waals surface area contributed by atoms with E-state index >= 15 is 0 Å². The first-order valence-corrected chi connectivity index (χ1v) is 8.12. The second kappa shape index (κ2) is 5.66. The molecule has 1 aromatic heterocycles. The molecule has 1 aliphatic rings. The van der Waals surface area contributed by atoms with Crippen LogP contribution in [0.4, 0.5) is 0 Å². The summed E-state index contributed by atoms with van der Waals surface area (Å²) in [5.74, 6) is 0. The van der Waals surface area contributed by atoms with E-state index in [1.165, 1.54) is 10.4 Å². The van der Waals surface area contributed by atoms with E-state index in [0.717, 1.165) is 24.2 Å². The first-order chi connectivity index (χ1) is 8.54. The summed E-state index contributed by atoms with van der Waals surface area (Å²) in [5.41, 5.74) is 0.629. The van der Waals surface area contributed by atoms with Crippen molar-refractivity contribution in [1.29, 1.82) is 0 Å². The summed E-state index contributed by atoms with van der Waals surface area (Å²) >= 11 is 1.14. The van der Waals surface area contributed by atoms with Gasteiger partial charge in [-0.25, -0.2) is 8.42 Å². The van der Waals surface area contributed by atoms with Gasteiger partial charge in [-0.1, -0.05) is 0 Å². The summed E-state index contributed by atoms with van der Waals surface area (Å²) in [4.78, 5) is 0. The molecule has 0 aliphatic carbocycles. The molecule has 102 valence electrons. The summed E-state index contributed by atoms with van der Waals surface area (Å²) < 4.78 is 31.5. The van der Waals surface area contributed by atoms with Crippen molar-refractivity contribution in [3.05, 3.63) is 17.0 Å². The van der Waals surface area contributed by atoms with Crippen LogP contribution in [0.5, 0.6) is 0 Å². The lowest BCUT2D eigenvalue weighted by Gasteiger charge is -2.19. The van der Waals surface area contributed by atoms with Crippen molar-refractivity contribution in [3.63, 3.8) is 0 Å². The van der Waals surface area contributed by atoms with Crippen molar-refractivity contribution in [2.45, 2.75) is 29.8 Å². The normalized spacial score (nSPS) is 20.7. The number of aliphatic hydroxyl groups excluding tert-OH is 1. The van der Waals surface area contributed by atoms with E-state index < -0.39 is 10.0 Å². The van der Waals surface area contributed by atoms with Crippen LogP contribution in [0.3, 0.4) is 0 Å². The van der Waals surface area contributed by atoms with E-state index in [0.29, 0.717) is 18.7 Å². The Hall–Kier alpha value is -0.470. The monoisotopic (exact) mass is 291 g/mol. The van der Waals surface area contributed by atoms with Crippen LogP contribution >= 0.6 is 11.3 Å². The third-order valence-corrected chi connectivity index (χ3v) is 6.25. The molecule has 0 saturated carbocycles. The fourth-order valence-corrected chi connectivity index (χ4v) is 4.51. The molecule has 0 spiro atoms. The van der Waals surface area contributed by atoms with Crippen molar-refractivity contribution in [3.8, 4) is 0 Å². The number of sulfonamides is 1. The highest BCUT2D eigenvalue weighted by atomic mass is 32.2. The second-order valence-corrected chi connectivity index (χ2v) is 7.54. The fourth-order valence-electron chi connectivity index (χ4n) is 1.90. The number of hydrogen-bond donors (Lipinski definition) is 1. The second-order valence-electron chi connectivity index (χ2n) is 4.35. The molecule has 2 rings (SSSR count). The van der Waals surface area contributed by atoms with E-state index in [2.05, 4.69) is 0 Å². The van der Waals surface area contributed by atoms with Gasteiger partial charge in [0.15, 0.2) is 0 Å². The van der Waals surface area contributed by atoms with E-state index in [1.54, 1.807) is 12.4 Å². The highest BCUT2D eigenvalue weighted by molar-refractivity contribution is 7.91. The molecule has 1 unspecified atom stereocenters. The molecular weight excluding hydrogens is 274 g/mol. The van der Waals surface area contributed by atoms with Gasteiger partial charge in [-0.15, -0.1) is 11.3 Å². The van der Waals surface area contributed by atoms with Gasteiger partial charge in [-0.05, 0) is 29.9 Å². The van der Waals surface area contributed by atoms with Crippen LogP contribution in [0.2, 0.25) is 0 Å². The molecule has 1 N–H and O–H groups in total. The maximum absolute atomic E-state index is 12.2. The molecule has 0 aromatic carbocycles. The molecule has 1 saturated heterocycles. The Morgan fingerprint density at radius 3 is 2.94 bits per heavy atom. The molecule has 5 nitrogen and oxygen atoms in total. The first kappa shape index (κ1) is 14.0. The maximum atomic E-state index is 12.2. The Labute approximate surface area is 111 Å². The van der Waals surface area contributed by atoms with Crippen LogP contribution in [0.1, 0.15) is 18.4 Å². The number of thiophene rings is 1. The largest absolute Gasteiger partial charge is 0.392 e. The van der Waals surface area contributed by atoms with Gasteiger partial charge in [0.2, 0.25) is 0 Å². The number of nitrogens with zero attached hydrogens (tertiary/aromatic N) is 1. The van der Waals surface area contributed by atoms with Crippen molar-refractivity contribution < 1.29 is 18.3 Å². The van der Waals surface area contributed by atoms with Gasteiger partial charge in [0, 0.05) is 20.2 Å². The Kier molecular flexibility index (Phi) is 4.39. The SMILES string of the molecule is CN(CC1CCCO1)S(=O)(=O)c1cc(CO)cs1. The fraction of sp³-hybridized carbons (Fsp3) is 0.636. The summed E-state index contributed by atoms with van der Waals surface area (Å²) in [7, 11) is -1.89. The van der Waals surface area contributed by atoms with Crippen molar-refractivity contribution in [2.75, 3.05) is 20.2 Å². The molecule has 1 fully saturated rings. The number of aliphatic hydroxyl groups is 1. The highest BCUT2D eigenvalue weighted by Crippen LogP contribution is 2.24. The van der Waals surface area contributed by atoms with Gasteiger partial charge in [0.1, 0.15) is 4.21 Å². The highest BCUT2D eigenvalue weighted by Gasteiger charge is 2.27. The molecule has 0 radical (unpaired) electrons. The van der Waals surface area contributed by atoms with Crippen molar-refractivity contribution in [1.82, 2.24) is 4.31 Å². The lowest BCUT2D eigenvalue weighted by molar-refractivity contribution is 0.0979. The lowest BCUT2D eigenvalue weighted by atomic mass is 10.2. The van der Waals surface area contributed by atoms with Gasteiger partial charge in [0.05, 0.1) is 12.7 Å². The molecule has 1 aliphatic heterocycles. The Morgan fingerprint density at radius 1 is 1.61 bits per heavy atom. The van der Waals surface area contributed by atoms with E-state index in [-0.39, 0.29) is 16.9 Å². The van der Waals surface area contributed by atoms with Crippen LogP contribution in [0.15, 0.2) is 15.7 Å². The minimum Gasteiger partial charge on any atom is -0.392 e. The smallest absolute Gasteiger partial charge is 0.252 e. The Balaban J connectivity index is 2.09. The lowest BCUT2D eigenvalue weighted by Crippen LogP contribution is -2.33. The molecule has 2 heterocycles. The average Bonchev–Trinajstić information content (AvgIpc) is 2.99. The number of likely N-dealkylation sites (N-methyl/N-ethyl adjacent to an activating group) is 1. The minimum absolute atomic E-state index is 0.00190. The van der Waals surface area contributed by atoms with Crippen LogP contribution in [0, 0.1) is 0 Å². The number of rotatable bonds is 5. The number of ether oxygens (including phenoxy) is 1. The van der Waals surface area contributed by atoms with Gasteiger partial charge in [0.25, 0.3) is 10.0 Å². The average molecular weight is 291 g/mol. The van der Waals surface area contributed by atoms with Gasteiger partial charge >= 0.3 is 0 Å². The summed E-state index contributed by atoms with van der Waals surface area (Å²) in [6.45, 7) is 0.961. The van der Waals surface area contributed by atoms with Gasteiger partial charge in [-0.3, -0.25) is 0 Å². The van der Waals surface area contributed by atoms with Gasteiger partial charge < -0.3 is 9.84 Å². The summed E-state index contributed by atoms with van der Waals surface area (Å²) in [6.07, 6.45) is 1.90. The van der Waals surface area contributed by atoms with E-state index in [9.17, 15) is 8.42 Å². The van der Waals surface area contributed by atoms with Crippen LogP contribution in [-0.4, -0.2) is 44.1 Å². The van der Waals surface area contributed by atoms with Crippen LogP contribution in [-0.2, 0) is 21.4 Å². The molecule has 7 heteroatoms. The van der Waals surface area contributed by atoms with E-state index in [1.807, 2.05) is 0 Å². The third kappa shape index (κ3) is 2.92. The minimum atomic E-state index is -3.45. The quantitative estimate of drug-likeness (QED) is 0.880. The predicted molar refractivity (Wildman–Crippen MR) is 69.0 cm³/mol. The molecular formula is C11H17NO4S2. The zero-order valence-corrected chi connectivity index (χ0v) is 11.8. The number of hydrogen-bond acceptors (Lipinski definition) is 5. The van der Waals surface area contributed by atoms with Crippen molar-refractivity contribution in [2.24, 2.45) is 0 Å². The third-order valence-electron chi connectivity index (χ3n) is 2.96. The standard InChI is InChI=1S/C11H17NO4S2/c1-12(6-10-3-2-4-16-10)18(14,15)11-5-9(7-13)8-17-11/h5,8,10,13H,2-4,6-7H2,1H3. The van der Waals surface area contributed by atoms with Crippen LogP contribution in [0.25, 0.3) is 0 Å². The molecule has 1 atom stereocenters.